The molecule has 4 nitrogen and oxygen atoms in total. The minimum Gasteiger partial charge on any atom is -0.352 e. The molecule has 0 radical (unpaired) electrons. The van der Waals surface area contributed by atoms with Crippen LogP contribution in [0.15, 0.2) is 42.7 Å². The lowest BCUT2D eigenvalue weighted by molar-refractivity contribution is -0.119. The quantitative estimate of drug-likeness (QED) is 0.868. The highest BCUT2D eigenvalue weighted by Gasteiger charge is 2.22. The van der Waals surface area contributed by atoms with Gasteiger partial charge in [0.2, 0.25) is 5.91 Å². The van der Waals surface area contributed by atoms with Crippen LogP contribution in [0.5, 0.6) is 0 Å². The van der Waals surface area contributed by atoms with Gasteiger partial charge in [-0.25, -0.2) is 4.68 Å². The van der Waals surface area contributed by atoms with Gasteiger partial charge in [0.05, 0.1) is 11.4 Å². The summed E-state index contributed by atoms with van der Waals surface area (Å²) < 4.78 is 1.84. The van der Waals surface area contributed by atoms with Gasteiger partial charge >= 0.3 is 0 Å². The van der Waals surface area contributed by atoms with Crippen LogP contribution in [0.25, 0.3) is 5.69 Å². The molecule has 1 aliphatic rings. The van der Waals surface area contributed by atoms with E-state index in [1.807, 2.05) is 16.9 Å². The van der Waals surface area contributed by atoms with Gasteiger partial charge in [-0.3, -0.25) is 4.79 Å². The van der Waals surface area contributed by atoms with Crippen molar-refractivity contribution < 1.29 is 4.79 Å². The molecule has 2 aromatic rings. The average molecular weight is 343 g/mol. The lowest BCUT2D eigenvalue weighted by Gasteiger charge is -2.29. The van der Waals surface area contributed by atoms with Gasteiger partial charge in [-0.15, -0.1) is 11.8 Å². The van der Waals surface area contributed by atoms with E-state index in [0.717, 1.165) is 17.9 Å². The van der Waals surface area contributed by atoms with Gasteiger partial charge in [0.15, 0.2) is 0 Å². The Morgan fingerprint density at radius 3 is 2.79 bits per heavy atom. The number of carbonyl (C=O) groups excluding carboxylic acids is 1. The van der Waals surface area contributed by atoms with E-state index in [9.17, 15) is 4.79 Å². The molecule has 1 N–H and O–H groups in total. The van der Waals surface area contributed by atoms with E-state index in [0.29, 0.717) is 17.7 Å². The van der Waals surface area contributed by atoms with Crippen molar-refractivity contribution in [3.8, 4) is 5.69 Å². The van der Waals surface area contributed by atoms with Gasteiger partial charge in [-0.2, -0.15) is 5.10 Å². The fourth-order valence-corrected chi connectivity index (χ4v) is 4.01. The van der Waals surface area contributed by atoms with Gasteiger partial charge in [0, 0.05) is 24.2 Å². The number of benzene rings is 1. The Balaban J connectivity index is 1.42. The number of carbonyl (C=O) groups is 1. The first kappa shape index (κ1) is 17.1. The predicted octanol–water partition coefficient (Wildman–Crippen LogP) is 3.80. The summed E-state index contributed by atoms with van der Waals surface area (Å²) in [7, 11) is 0. The van der Waals surface area contributed by atoms with Gasteiger partial charge in [0.25, 0.3) is 0 Å². The number of amides is 1. The van der Waals surface area contributed by atoms with Crippen LogP contribution in [0.4, 0.5) is 0 Å². The minimum absolute atomic E-state index is 0.173. The largest absolute Gasteiger partial charge is 0.352 e. The van der Waals surface area contributed by atoms with Gasteiger partial charge in [-0.1, -0.05) is 31.9 Å². The highest BCUT2D eigenvalue weighted by molar-refractivity contribution is 7.99. The van der Waals surface area contributed by atoms with Crippen LogP contribution in [0.2, 0.25) is 0 Å². The number of nitrogens with zero attached hydrogens (tertiary/aromatic N) is 2. The Morgan fingerprint density at radius 1 is 1.29 bits per heavy atom. The van der Waals surface area contributed by atoms with Crippen LogP contribution in [0.1, 0.15) is 38.2 Å². The summed E-state index contributed by atoms with van der Waals surface area (Å²) in [5, 5.41) is 7.43. The minimum atomic E-state index is 0.173. The summed E-state index contributed by atoms with van der Waals surface area (Å²) in [5.41, 5.74) is 2.28. The normalized spacial score (nSPS) is 20.7. The number of thioether (sulfide) groups is 1. The van der Waals surface area contributed by atoms with E-state index in [2.05, 4.69) is 41.6 Å². The number of hydrogen-bond donors (Lipinski definition) is 1. The molecular weight excluding hydrogens is 318 g/mol. The van der Waals surface area contributed by atoms with Gasteiger partial charge < -0.3 is 5.32 Å². The summed E-state index contributed by atoms with van der Waals surface area (Å²) in [6.45, 7) is 2.25. The molecule has 1 aliphatic carbocycles. The Bertz CT molecular complexity index is 639. The maximum atomic E-state index is 12.1. The number of aromatic nitrogens is 2. The van der Waals surface area contributed by atoms with Crippen LogP contribution in [0.3, 0.4) is 0 Å². The molecule has 0 bridgehead atoms. The second-order valence-electron chi connectivity index (χ2n) is 6.55. The molecule has 0 spiro atoms. The predicted molar refractivity (Wildman–Crippen MR) is 99.3 cm³/mol. The summed E-state index contributed by atoms with van der Waals surface area (Å²) >= 11 is 1.67. The van der Waals surface area contributed by atoms with E-state index in [-0.39, 0.29) is 5.91 Å². The molecule has 1 aromatic heterocycles. The molecule has 0 aliphatic heterocycles. The third kappa shape index (κ3) is 4.63. The Hall–Kier alpha value is -1.75. The van der Waals surface area contributed by atoms with Gasteiger partial charge in [-0.05, 0) is 42.5 Å². The average Bonchev–Trinajstić information content (AvgIpc) is 3.12. The molecule has 128 valence electrons. The summed E-state index contributed by atoms with van der Waals surface area (Å²) in [4.78, 5) is 12.1. The van der Waals surface area contributed by atoms with E-state index in [1.165, 1.54) is 24.8 Å². The molecule has 5 heteroatoms. The van der Waals surface area contributed by atoms with Crippen molar-refractivity contribution in [3.05, 3.63) is 48.3 Å². The Kier molecular flexibility index (Phi) is 5.96. The van der Waals surface area contributed by atoms with Crippen molar-refractivity contribution in [1.29, 1.82) is 0 Å². The number of nitrogens with one attached hydrogen (secondary N) is 1. The summed E-state index contributed by atoms with van der Waals surface area (Å²) in [6.07, 6.45) is 8.62. The SMILES string of the molecule is C[C@H]1CCCC[C@@H]1NC(=O)CSCc1ccc(-n2cccn2)cc1. The summed E-state index contributed by atoms with van der Waals surface area (Å²) in [6, 6.07) is 10.6. The lowest BCUT2D eigenvalue weighted by Crippen LogP contribution is -2.41. The van der Waals surface area contributed by atoms with Crippen LogP contribution in [-0.2, 0) is 10.5 Å². The molecular formula is C19H25N3OS. The maximum absolute atomic E-state index is 12.1. The molecule has 0 unspecified atom stereocenters. The fraction of sp³-hybridized carbons (Fsp3) is 0.474. The van der Waals surface area contributed by atoms with E-state index in [1.54, 1.807) is 18.0 Å². The maximum Gasteiger partial charge on any atom is 0.230 e. The third-order valence-corrected chi connectivity index (χ3v) is 5.67. The molecule has 3 rings (SSSR count). The first-order valence-electron chi connectivity index (χ1n) is 8.68. The molecule has 1 amide bonds. The zero-order chi connectivity index (χ0) is 16.8. The van der Waals surface area contributed by atoms with E-state index in [4.69, 9.17) is 0 Å². The Morgan fingerprint density at radius 2 is 2.08 bits per heavy atom. The standard InChI is InChI=1S/C19H25N3OS/c1-15-5-2-3-6-18(15)21-19(23)14-24-13-16-7-9-17(10-8-16)22-12-4-11-20-22/h4,7-12,15,18H,2-3,5-6,13-14H2,1H3,(H,21,23)/t15-,18-/m0/s1. The first-order chi connectivity index (χ1) is 11.7. The zero-order valence-corrected chi connectivity index (χ0v) is 15.0. The van der Waals surface area contributed by atoms with Crippen molar-refractivity contribution in [2.45, 2.75) is 44.4 Å². The number of hydrogen-bond acceptors (Lipinski definition) is 3. The van der Waals surface area contributed by atoms with Crippen molar-refractivity contribution in [3.63, 3.8) is 0 Å². The second-order valence-corrected chi connectivity index (χ2v) is 7.53. The van der Waals surface area contributed by atoms with Crippen LogP contribution < -0.4 is 5.32 Å². The van der Waals surface area contributed by atoms with Crippen molar-refractivity contribution in [2.75, 3.05) is 5.75 Å². The topological polar surface area (TPSA) is 46.9 Å². The second kappa shape index (κ2) is 8.38. The highest BCUT2D eigenvalue weighted by atomic mass is 32.2. The molecule has 24 heavy (non-hydrogen) atoms. The van der Waals surface area contributed by atoms with Crippen LogP contribution in [-0.4, -0.2) is 27.5 Å². The Labute approximate surface area is 148 Å². The third-order valence-electron chi connectivity index (χ3n) is 4.67. The van der Waals surface area contributed by atoms with Crippen LogP contribution in [0, 0.1) is 5.92 Å². The molecule has 1 saturated carbocycles. The van der Waals surface area contributed by atoms with Crippen LogP contribution >= 0.6 is 11.8 Å². The molecule has 2 atom stereocenters. The zero-order valence-electron chi connectivity index (χ0n) is 14.1. The highest BCUT2D eigenvalue weighted by Crippen LogP contribution is 2.24. The van der Waals surface area contributed by atoms with Gasteiger partial charge in [0.1, 0.15) is 0 Å². The van der Waals surface area contributed by atoms with Crippen molar-refractivity contribution in [1.82, 2.24) is 15.1 Å². The smallest absolute Gasteiger partial charge is 0.230 e. The monoisotopic (exact) mass is 343 g/mol. The van der Waals surface area contributed by atoms with E-state index >= 15 is 0 Å². The first-order valence-corrected chi connectivity index (χ1v) is 9.84. The molecule has 0 saturated heterocycles. The van der Waals surface area contributed by atoms with E-state index < -0.39 is 0 Å². The summed E-state index contributed by atoms with van der Waals surface area (Å²) in [5.74, 6) is 2.17. The molecule has 1 aromatic carbocycles. The lowest BCUT2D eigenvalue weighted by atomic mass is 9.86. The van der Waals surface area contributed by atoms with Crippen molar-refractivity contribution in [2.24, 2.45) is 5.92 Å². The molecule has 1 fully saturated rings. The fourth-order valence-electron chi connectivity index (χ4n) is 3.21. The van der Waals surface area contributed by atoms with Crippen molar-refractivity contribution >= 4 is 17.7 Å². The number of rotatable bonds is 6. The molecule has 1 heterocycles.